The smallest absolute Gasteiger partial charge is 0.263 e. The Labute approximate surface area is 143 Å². The molecule has 7 heteroatoms. The van der Waals surface area contributed by atoms with Gasteiger partial charge in [-0.2, -0.15) is 0 Å². The van der Waals surface area contributed by atoms with Gasteiger partial charge in [0.25, 0.3) is 5.91 Å². The number of hydrogen-bond acceptors (Lipinski definition) is 3. The quantitative estimate of drug-likeness (QED) is 0.733. The maximum absolute atomic E-state index is 13.0. The van der Waals surface area contributed by atoms with Crippen LogP contribution >= 0.6 is 11.3 Å². The number of amides is 1. The lowest BCUT2D eigenvalue weighted by atomic mass is 10.2. The van der Waals surface area contributed by atoms with Crippen molar-refractivity contribution in [3.63, 3.8) is 0 Å². The second-order valence-corrected chi connectivity index (χ2v) is 6.99. The Kier molecular flexibility index (Phi) is 4.64. The van der Waals surface area contributed by atoms with E-state index in [1.807, 2.05) is 31.6 Å². The van der Waals surface area contributed by atoms with Gasteiger partial charge in [-0.1, -0.05) is 11.3 Å². The molecule has 0 fully saturated rings. The number of nitrogens with zero attached hydrogens (tertiary/aromatic N) is 2. The molecular formula is C17H20FN4OS+. The lowest BCUT2D eigenvalue weighted by Crippen LogP contribution is -3.06. The summed E-state index contributed by atoms with van der Waals surface area (Å²) in [6.45, 7) is 3.43. The van der Waals surface area contributed by atoms with Gasteiger partial charge in [0.2, 0.25) is 0 Å². The summed E-state index contributed by atoms with van der Waals surface area (Å²) in [6, 6.07) is 6.24. The summed E-state index contributed by atoms with van der Waals surface area (Å²) in [4.78, 5) is 19.6. The fourth-order valence-corrected chi connectivity index (χ4v) is 3.45. The van der Waals surface area contributed by atoms with Crippen LogP contribution in [0.1, 0.15) is 15.4 Å². The Balaban J connectivity index is 1.83. The number of carbonyl (C=O) groups excluding carboxylic acids is 1. The molecule has 0 aliphatic carbocycles. The van der Waals surface area contributed by atoms with E-state index in [9.17, 15) is 9.18 Å². The molecule has 0 saturated heterocycles. The van der Waals surface area contributed by atoms with Crippen LogP contribution in [-0.4, -0.2) is 42.5 Å². The van der Waals surface area contributed by atoms with Gasteiger partial charge in [-0.15, -0.1) is 0 Å². The minimum atomic E-state index is -0.269. The highest BCUT2D eigenvalue weighted by Crippen LogP contribution is 2.27. The summed E-state index contributed by atoms with van der Waals surface area (Å²) in [5.74, 6) is -0.331. The molecular weight excluding hydrogens is 327 g/mol. The third-order valence-electron chi connectivity index (χ3n) is 3.81. The van der Waals surface area contributed by atoms with Crippen LogP contribution in [0.15, 0.2) is 30.5 Å². The zero-order valence-corrected chi connectivity index (χ0v) is 14.7. The Morgan fingerprint density at radius 2 is 2.04 bits per heavy atom. The molecule has 1 aromatic carbocycles. The summed E-state index contributed by atoms with van der Waals surface area (Å²) in [5.41, 5.74) is 2.49. The fraction of sp³-hybridized carbons (Fsp3) is 0.294. The topological polar surface area (TPSA) is 50.8 Å². The van der Waals surface area contributed by atoms with Crippen LogP contribution < -0.4 is 10.2 Å². The van der Waals surface area contributed by atoms with Crippen LogP contribution in [0, 0.1) is 12.7 Å². The first-order valence-electron chi connectivity index (χ1n) is 7.77. The highest BCUT2D eigenvalue weighted by atomic mass is 32.1. The van der Waals surface area contributed by atoms with E-state index in [4.69, 9.17) is 0 Å². The molecule has 5 nitrogen and oxygen atoms in total. The van der Waals surface area contributed by atoms with Crippen molar-refractivity contribution in [3.05, 3.63) is 46.9 Å². The van der Waals surface area contributed by atoms with E-state index in [0.717, 1.165) is 28.5 Å². The predicted octanol–water partition coefficient (Wildman–Crippen LogP) is 1.38. The Bertz CT molecular complexity index is 867. The predicted molar refractivity (Wildman–Crippen MR) is 93.2 cm³/mol. The van der Waals surface area contributed by atoms with E-state index in [1.165, 1.54) is 28.4 Å². The summed E-state index contributed by atoms with van der Waals surface area (Å²) in [6.07, 6.45) is 1.88. The molecule has 0 saturated carbocycles. The number of nitrogens with one attached hydrogen (secondary N) is 2. The van der Waals surface area contributed by atoms with Crippen molar-refractivity contribution in [1.29, 1.82) is 0 Å². The molecule has 3 aromatic rings. The van der Waals surface area contributed by atoms with Crippen molar-refractivity contribution < 1.29 is 14.1 Å². The molecule has 126 valence electrons. The van der Waals surface area contributed by atoms with Crippen LogP contribution in [-0.2, 0) is 0 Å². The van der Waals surface area contributed by atoms with Crippen LogP contribution in [0.4, 0.5) is 4.39 Å². The van der Waals surface area contributed by atoms with Crippen LogP contribution in [0.25, 0.3) is 16.2 Å². The Hall–Kier alpha value is -2.25. The minimum absolute atomic E-state index is 0.0624. The third-order valence-corrected chi connectivity index (χ3v) is 4.97. The van der Waals surface area contributed by atoms with Gasteiger partial charge in [0.15, 0.2) is 4.96 Å². The molecule has 0 radical (unpaired) electrons. The van der Waals surface area contributed by atoms with Gasteiger partial charge in [0, 0.05) is 17.5 Å². The zero-order chi connectivity index (χ0) is 17.3. The standard InChI is InChI=1S/C17H19FN4OS/c1-11-15(16(23)19-8-9-21(2)3)24-17-20-14(10-22(11)17)12-4-6-13(18)7-5-12/h4-7,10H,8-9H2,1-3H3,(H,19,23)/p+1. The minimum Gasteiger partial charge on any atom is -0.346 e. The number of aryl methyl sites for hydroxylation is 1. The number of rotatable bonds is 5. The highest BCUT2D eigenvalue weighted by Gasteiger charge is 2.18. The average molecular weight is 347 g/mol. The van der Waals surface area contributed by atoms with Gasteiger partial charge < -0.3 is 10.2 Å². The fourth-order valence-electron chi connectivity index (χ4n) is 2.43. The maximum atomic E-state index is 13.0. The van der Waals surface area contributed by atoms with Gasteiger partial charge in [-0.3, -0.25) is 9.20 Å². The SMILES string of the molecule is Cc1c(C(=O)NCC[NH+](C)C)sc2nc(-c3ccc(F)cc3)cn12. The second kappa shape index (κ2) is 6.70. The first-order chi connectivity index (χ1) is 11.5. The number of aromatic nitrogens is 2. The van der Waals surface area contributed by atoms with Gasteiger partial charge in [-0.25, -0.2) is 9.37 Å². The van der Waals surface area contributed by atoms with Crippen LogP contribution in [0.5, 0.6) is 0 Å². The molecule has 2 N–H and O–H groups in total. The molecule has 24 heavy (non-hydrogen) atoms. The van der Waals surface area contributed by atoms with Gasteiger partial charge in [0.1, 0.15) is 10.7 Å². The van der Waals surface area contributed by atoms with Crippen molar-refractivity contribution in [2.75, 3.05) is 27.2 Å². The van der Waals surface area contributed by atoms with E-state index in [1.54, 1.807) is 12.1 Å². The summed E-state index contributed by atoms with van der Waals surface area (Å²) in [7, 11) is 4.10. The number of benzene rings is 1. The Morgan fingerprint density at radius 1 is 1.33 bits per heavy atom. The highest BCUT2D eigenvalue weighted by molar-refractivity contribution is 7.19. The van der Waals surface area contributed by atoms with Crippen molar-refractivity contribution in [1.82, 2.24) is 14.7 Å². The second-order valence-electron chi connectivity index (χ2n) is 6.02. The number of carbonyl (C=O) groups is 1. The zero-order valence-electron chi connectivity index (χ0n) is 13.9. The number of imidazole rings is 1. The molecule has 0 aliphatic rings. The lowest BCUT2D eigenvalue weighted by Gasteiger charge is -2.07. The largest absolute Gasteiger partial charge is 0.346 e. The molecule has 1 amide bonds. The number of fused-ring (bicyclic) bond motifs is 1. The third kappa shape index (κ3) is 3.32. The first kappa shape index (κ1) is 16.6. The van der Waals surface area contributed by atoms with Crippen molar-refractivity contribution in [2.45, 2.75) is 6.92 Å². The van der Waals surface area contributed by atoms with E-state index >= 15 is 0 Å². The first-order valence-corrected chi connectivity index (χ1v) is 8.59. The summed E-state index contributed by atoms with van der Waals surface area (Å²) >= 11 is 1.37. The summed E-state index contributed by atoms with van der Waals surface area (Å²) < 4.78 is 14.9. The molecule has 0 bridgehead atoms. The van der Waals surface area contributed by atoms with E-state index < -0.39 is 0 Å². The van der Waals surface area contributed by atoms with E-state index in [0.29, 0.717) is 11.4 Å². The number of hydrogen-bond donors (Lipinski definition) is 2. The molecule has 0 spiro atoms. The number of halogens is 1. The van der Waals surface area contributed by atoms with Crippen molar-refractivity contribution >= 4 is 22.2 Å². The lowest BCUT2D eigenvalue weighted by molar-refractivity contribution is -0.856. The van der Waals surface area contributed by atoms with E-state index in [-0.39, 0.29) is 11.7 Å². The molecule has 3 rings (SSSR count). The monoisotopic (exact) mass is 347 g/mol. The maximum Gasteiger partial charge on any atom is 0.263 e. The number of thiazole rings is 1. The molecule has 2 heterocycles. The van der Waals surface area contributed by atoms with Gasteiger partial charge in [0.05, 0.1) is 32.9 Å². The van der Waals surface area contributed by atoms with Crippen molar-refractivity contribution in [3.8, 4) is 11.3 Å². The molecule has 0 atom stereocenters. The van der Waals surface area contributed by atoms with Gasteiger partial charge in [-0.05, 0) is 31.2 Å². The summed E-state index contributed by atoms with van der Waals surface area (Å²) in [5, 5.41) is 2.94. The molecule has 0 unspecified atom stereocenters. The Morgan fingerprint density at radius 3 is 2.67 bits per heavy atom. The normalized spacial score (nSPS) is 11.4. The van der Waals surface area contributed by atoms with E-state index in [2.05, 4.69) is 10.3 Å². The van der Waals surface area contributed by atoms with Gasteiger partial charge >= 0.3 is 0 Å². The van der Waals surface area contributed by atoms with Crippen LogP contribution in [0.3, 0.4) is 0 Å². The number of quaternary nitrogens is 1. The van der Waals surface area contributed by atoms with Crippen molar-refractivity contribution in [2.24, 2.45) is 0 Å². The van der Waals surface area contributed by atoms with Crippen LogP contribution in [0.2, 0.25) is 0 Å². The average Bonchev–Trinajstić information content (AvgIpc) is 3.07. The number of likely N-dealkylation sites (N-methyl/N-ethyl adjacent to an activating group) is 1. The molecule has 2 aromatic heterocycles. The molecule has 0 aliphatic heterocycles.